The van der Waals surface area contributed by atoms with Gasteiger partial charge >= 0.3 is 0 Å². The number of hydrogen-bond acceptors (Lipinski definition) is 2. The van der Waals surface area contributed by atoms with Crippen molar-refractivity contribution >= 4 is 22.9 Å². The van der Waals surface area contributed by atoms with Crippen LogP contribution in [0.2, 0.25) is 0 Å². The number of rotatable bonds is 5. The van der Waals surface area contributed by atoms with Crippen LogP contribution in [0.1, 0.15) is 4.88 Å². The van der Waals surface area contributed by atoms with Crippen LogP contribution in [0.4, 0.5) is 10.1 Å². The largest absolute Gasteiger partial charge is 0.321 e. The number of carbonyl (C=O) groups excluding carboxylic acids is 1. The number of quaternary nitrogens is 2. The fourth-order valence-corrected chi connectivity index (χ4v) is 3.73. The van der Waals surface area contributed by atoms with Gasteiger partial charge in [-0.05, 0) is 23.6 Å². The van der Waals surface area contributed by atoms with Crippen LogP contribution >= 0.6 is 11.3 Å². The van der Waals surface area contributed by atoms with E-state index < -0.39 is 0 Å². The first-order valence-corrected chi connectivity index (χ1v) is 8.82. The molecular formula is C17H22FN3OS+2. The van der Waals surface area contributed by atoms with Crippen LogP contribution < -0.4 is 15.1 Å². The molecule has 0 radical (unpaired) electrons. The van der Waals surface area contributed by atoms with Crippen molar-refractivity contribution in [2.45, 2.75) is 6.54 Å². The minimum absolute atomic E-state index is 0.119. The van der Waals surface area contributed by atoms with E-state index in [1.165, 1.54) is 15.8 Å². The molecule has 2 aromatic rings. The van der Waals surface area contributed by atoms with Crippen molar-refractivity contribution in [3.63, 3.8) is 0 Å². The molecule has 3 N–H and O–H groups in total. The van der Waals surface area contributed by atoms with Gasteiger partial charge in [0.15, 0.2) is 6.54 Å². The lowest BCUT2D eigenvalue weighted by Gasteiger charge is -2.29. The van der Waals surface area contributed by atoms with Crippen LogP contribution in [-0.2, 0) is 11.3 Å². The van der Waals surface area contributed by atoms with E-state index in [2.05, 4.69) is 22.8 Å². The second-order valence-electron chi connectivity index (χ2n) is 5.96. The summed E-state index contributed by atoms with van der Waals surface area (Å²) < 4.78 is 13.5. The van der Waals surface area contributed by atoms with E-state index in [0.29, 0.717) is 6.54 Å². The van der Waals surface area contributed by atoms with E-state index in [-0.39, 0.29) is 17.4 Å². The van der Waals surface area contributed by atoms with Gasteiger partial charge in [0, 0.05) is 0 Å². The molecule has 0 bridgehead atoms. The number of piperazine rings is 1. The third kappa shape index (κ3) is 4.60. The summed E-state index contributed by atoms with van der Waals surface area (Å²) in [7, 11) is 0. The average Bonchev–Trinajstić information content (AvgIpc) is 3.04. The van der Waals surface area contributed by atoms with Crippen molar-refractivity contribution in [3.05, 3.63) is 52.5 Å². The molecular weight excluding hydrogens is 313 g/mol. The summed E-state index contributed by atoms with van der Waals surface area (Å²) in [4.78, 5) is 16.3. The second kappa shape index (κ2) is 7.68. The Morgan fingerprint density at radius 2 is 1.83 bits per heavy atom. The molecule has 23 heavy (non-hydrogen) atoms. The predicted octanol–water partition coefficient (Wildman–Crippen LogP) is -0.191. The fourth-order valence-electron chi connectivity index (χ4n) is 2.95. The molecule has 0 aliphatic carbocycles. The number of benzene rings is 1. The molecule has 122 valence electrons. The predicted molar refractivity (Wildman–Crippen MR) is 89.3 cm³/mol. The highest BCUT2D eigenvalue weighted by molar-refractivity contribution is 7.09. The standard InChI is InChI=1S/C17H20FN3OS/c18-15-5-1-2-6-16(15)19-17(22)13-21-9-7-20(8-10-21)12-14-4-3-11-23-14/h1-6,11H,7-10,12-13H2,(H,19,22)/p+2. The van der Waals surface area contributed by atoms with E-state index >= 15 is 0 Å². The molecule has 0 unspecified atom stereocenters. The van der Waals surface area contributed by atoms with Crippen molar-refractivity contribution in [2.75, 3.05) is 38.0 Å². The monoisotopic (exact) mass is 335 g/mol. The van der Waals surface area contributed by atoms with Gasteiger partial charge in [-0.2, -0.15) is 0 Å². The number of halogens is 1. The number of nitrogens with one attached hydrogen (secondary N) is 3. The molecule has 1 aromatic carbocycles. The number of anilines is 1. The Kier molecular flexibility index (Phi) is 5.38. The van der Waals surface area contributed by atoms with Crippen LogP contribution in [0.5, 0.6) is 0 Å². The van der Waals surface area contributed by atoms with Crippen molar-refractivity contribution in [1.82, 2.24) is 0 Å². The summed E-state index contributed by atoms with van der Waals surface area (Å²) in [5.41, 5.74) is 0.263. The molecule has 1 aromatic heterocycles. The Morgan fingerprint density at radius 3 is 2.52 bits per heavy atom. The van der Waals surface area contributed by atoms with E-state index in [1.54, 1.807) is 34.4 Å². The lowest BCUT2D eigenvalue weighted by molar-refractivity contribution is -1.01. The molecule has 1 fully saturated rings. The summed E-state index contributed by atoms with van der Waals surface area (Å²) in [5, 5.41) is 4.78. The first-order chi connectivity index (χ1) is 11.2. The van der Waals surface area contributed by atoms with Gasteiger partial charge in [0.2, 0.25) is 0 Å². The fraction of sp³-hybridized carbons (Fsp3) is 0.353. The number of para-hydroxylation sites is 1. The third-order valence-electron chi connectivity index (χ3n) is 4.23. The van der Waals surface area contributed by atoms with Gasteiger partial charge in [-0.25, -0.2) is 4.39 Å². The molecule has 0 saturated carbocycles. The van der Waals surface area contributed by atoms with Crippen molar-refractivity contribution in [1.29, 1.82) is 0 Å². The average molecular weight is 335 g/mol. The quantitative estimate of drug-likeness (QED) is 0.696. The maximum absolute atomic E-state index is 13.5. The minimum Gasteiger partial charge on any atom is -0.321 e. The Bertz CT molecular complexity index is 639. The van der Waals surface area contributed by atoms with Crippen molar-refractivity contribution in [2.24, 2.45) is 0 Å². The summed E-state index contributed by atoms with van der Waals surface area (Å²) in [6.07, 6.45) is 0. The minimum atomic E-state index is -0.388. The van der Waals surface area contributed by atoms with Gasteiger partial charge in [0.05, 0.1) is 10.6 Å². The van der Waals surface area contributed by atoms with Crippen LogP contribution in [0.25, 0.3) is 0 Å². The highest BCUT2D eigenvalue weighted by Crippen LogP contribution is 2.11. The van der Waals surface area contributed by atoms with Crippen LogP contribution in [0, 0.1) is 5.82 Å². The molecule has 3 rings (SSSR count). The van der Waals surface area contributed by atoms with Gasteiger partial charge in [-0.3, -0.25) is 4.79 Å². The van der Waals surface area contributed by atoms with E-state index in [1.807, 2.05) is 0 Å². The zero-order valence-corrected chi connectivity index (χ0v) is 13.8. The van der Waals surface area contributed by atoms with E-state index in [0.717, 1.165) is 32.7 Å². The zero-order chi connectivity index (χ0) is 16.1. The van der Waals surface area contributed by atoms with Gasteiger partial charge < -0.3 is 15.1 Å². The Hall–Kier alpha value is -1.76. The molecule has 2 heterocycles. The first kappa shape index (κ1) is 16.1. The lowest BCUT2D eigenvalue weighted by Crippen LogP contribution is -3.28. The topological polar surface area (TPSA) is 38.0 Å². The molecule has 1 amide bonds. The second-order valence-corrected chi connectivity index (χ2v) is 6.99. The molecule has 4 nitrogen and oxygen atoms in total. The maximum Gasteiger partial charge on any atom is 0.279 e. The van der Waals surface area contributed by atoms with Crippen LogP contribution in [-0.4, -0.2) is 38.6 Å². The van der Waals surface area contributed by atoms with Crippen LogP contribution in [0.15, 0.2) is 41.8 Å². The molecule has 0 spiro atoms. The third-order valence-corrected chi connectivity index (χ3v) is 5.10. The summed E-state index contributed by atoms with van der Waals surface area (Å²) in [6.45, 7) is 5.57. The maximum atomic E-state index is 13.5. The Balaban J connectivity index is 1.43. The molecule has 6 heteroatoms. The number of thiophene rings is 1. The summed E-state index contributed by atoms with van der Waals surface area (Å²) in [5.74, 6) is -0.507. The van der Waals surface area contributed by atoms with Gasteiger partial charge in [0.1, 0.15) is 38.5 Å². The van der Waals surface area contributed by atoms with Crippen LogP contribution in [0.3, 0.4) is 0 Å². The van der Waals surface area contributed by atoms with E-state index in [9.17, 15) is 9.18 Å². The Labute approximate surface area is 139 Å². The highest BCUT2D eigenvalue weighted by atomic mass is 32.1. The van der Waals surface area contributed by atoms with Gasteiger partial charge in [0.25, 0.3) is 5.91 Å². The number of carbonyl (C=O) groups is 1. The lowest BCUT2D eigenvalue weighted by atomic mass is 10.3. The normalized spacial score (nSPS) is 21.1. The SMILES string of the molecule is O=C(C[NH+]1CC[NH+](Cc2cccs2)CC1)Nc1ccccc1F. The smallest absolute Gasteiger partial charge is 0.279 e. The van der Waals surface area contributed by atoms with Gasteiger partial charge in [-0.15, -0.1) is 11.3 Å². The first-order valence-electron chi connectivity index (χ1n) is 7.94. The summed E-state index contributed by atoms with van der Waals surface area (Å²) >= 11 is 1.80. The van der Waals surface area contributed by atoms with Gasteiger partial charge in [-0.1, -0.05) is 18.2 Å². The van der Waals surface area contributed by atoms with Crippen molar-refractivity contribution in [3.8, 4) is 0 Å². The van der Waals surface area contributed by atoms with E-state index in [4.69, 9.17) is 0 Å². The Morgan fingerprint density at radius 1 is 1.09 bits per heavy atom. The molecule has 0 atom stereocenters. The molecule has 1 aliphatic heterocycles. The molecule has 1 aliphatic rings. The molecule has 1 saturated heterocycles. The highest BCUT2D eigenvalue weighted by Gasteiger charge is 2.25. The number of amides is 1. The summed E-state index contributed by atoms with van der Waals surface area (Å²) in [6, 6.07) is 10.6. The van der Waals surface area contributed by atoms with Crippen molar-refractivity contribution < 1.29 is 19.0 Å². The number of hydrogen-bond donors (Lipinski definition) is 3. The zero-order valence-electron chi connectivity index (χ0n) is 13.0.